The summed E-state index contributed by atoms with van der Waals surface area (Å²) in [7, 11) is 0. The number of hydrogen-bond acceptors (Lipinski definition) is 4. The van der Waals surface area contributed by atoms with Crippen molar-refractivity contribution in [2.75, 3.05) is 19.9 Å². The highest BCUT2D eigenvalue weighted by Crippen LogP contribution is 2.35. The number of fused-ring (bicyclic) bond motifs is 1. The third-order valence-electron chi connectivity index (χ3n) is 3.49. The largest absolute Gasteiger partial charge is 0.492 e. The highest BCUT2D eigenvalue weighted by molar-refractivity contribution is 5.79. The van der Waals surface area contributed by atoms with Gasteiger partial charge in [-0.3, -0.25) is 4.79 Å². The van der Waals surface area contributed by atoms with Crippen LogP contribution in [-0.4, -0.2) is 25.9 Å². The van der Waals surface area contributed by atoms with Crippen molar-refractivity contribution in [2.45, 2.75) is 19.3 Å². The van der Waals surface area contributed by atoms with E-state index in [1.165, 1.54) is 6.42 Å². The number of nitrogens with one attached hydrogen (secondary N) is 1. The monoisotopic (exact) mass is 263 g/mol. The Bertz CT molecular complexity index is 471. The first kappa shape index (κ1) is 12.1. The fourth-order valence-electron chi connectivity index (χ4n) is 2.12. The highest BCUT2D eigenvalue weighted by atomic mass is 16.7. The summed E-state index contributed by atoms with van der Waals surface area (Å²) in [5.74, 6) is 2.55. The Morgan fingerprint density at radius 1 is 1.32 bits per heavy atom. The van der Waals surface area contributed by atoms with E-state index in [9.17, 15) is 4.79 Å². The van der Waals surface area contributed by atoms with Crippen LogP contribution in [0.4, 0.5) is 0 Å². The summed E-state index contributed by atoms with van der Waals surface area (Å²) >= 11 is 0. The molecule has 0 saturated heterocycles. The molecule has 102 valence electrons. The van der Waals surface area contributed by atoms with Crippen LogP contribution in [0.5, 0.6) is 17.2 Å². The van der Waals surface area contributed by atoms with E-state index in [2.05, 4.69) is 5.32 Å². The molecule has 1 amide bonds. The van der Waals surface area contributed by atoms with Crippen LogP contribution < -0.4 is 19.5 Å². The zero-order valence-corrected chi connectivity index (χ0v) is 10.7. The van der Waals surface area contributed by atoms with Gasteiger partial charge in [0, 0.05) is 12.0 Å². The van der Waals surface area contributed by atoms with E-state index in [1.54, 1.807) is 6.07 Å². The van der Waals surface area contributed by atoms with Gasteiger partial charge in [0.2, 0.25) is 12.7 Å². The van der Waals surface area contributed by atoms with Crippen LogP contribution in [0.25, 0.3) is 0 Å². The lowest BCUT2D eigenvalue weighted by Crippen LogP contribution is -2.36. The molecule has 3 rings (SSSR count). The number of ether oxygens (including phenoxy) is 3. The number of amides is 1. The lowest BCUT2D eigenvalue weighted by molar-refractivity contribution is -0.127. The van der Waals surface area contributed by atoms with Gasteiger partial charge in [-0.15, -0.1) is 0 Å². The number of carbonyl (C=O) groups excluding carboxylic acids is 1. The molecule has 0 bridgehead atoms. The first-order valence-corrected chi connectivity index (χ1v) is 6.63. The van der Waals surface area contributed by atoms with Crippen molar-refractivity contribution in [1.29, 1.82) is 0 Å². The van der Waals surface area contributed by atoms with Crippen LogP contribution in [0.2, 0.25) is 0 Å². The molecule has 0 radical (unpaired) electrons. The van der Waals surface area contributed by atoms with Crippen molar-refractivity contribution in [1.82, 2.24) is 5.32 Å². The Hall–Kier alpha value is -1.91. The summed E-state index contributed by atoms with van der Waals surface area (Å²) in [5, 5.41) is 2.89. The third kappa shape index (κ3) is 2.75. The van der Waals surface area contributed by atoms with Gasteiger partial charge in [0.05, 0.1) is 6.54 Å². The number of hydrogen-bond donors (Lipinski definition) is 1. The molecule has 1 fully saturated rings. The van der Waals surface area contributed by atoms with E-state index < -0.39 is 0 Å². The molecular weight excluding hydrogens is 246 g/mol. The van der Waals surface area contributed by atoms with Crippen LogP contribution in [0.1, 0.15) is 19.3 Å². The molecule has 5 nitrogen and oxygen atoms in total. The Balaban J connectivity index is 1.41. The zero-order valence-electron chi connectivity index (χ0n) is 10.7. The average Bonchev–Trinajstić information content (AvgIpc) is 2.79. The molecule has 1 aliphatic heterocycles. The van der Waals surface area contributed by atoms with E-state index in [-0.39, 0.29) is 18.6 Å². The molecule has 1 heterocycles. The molecular formula is C14H17NO4. The second kappa shape index (κ2) is 5.38. The molecule has 19 heavy (non-hydrogen) atoms. The van der Waals surface area contributed by atoms with Gasteiger partial charge in [0.1, 0.15) is 12.4 Å². The molecule has 1 aliphatic carbocycles. The quantitative estimate of drug-likeness (QED) is 0.822. The van der Waals surface area contributed by atoms with Gasteiger partial charge in [0.15, 0.2) is 11.5 Å². The Morgan fingerprint density at radius 3 is 2.95 bits per heavy atom. The molecule has 0 spiro atoms. The van der Waals surface area contributed by atoms with Gasteiger partial charge < -0.3 is 19.5 Å². The lowest BCUT2D eigenvalue weighted by Gasteiger charge is -2.23. The average molecular weight is 263 g/mol. The van der Waals surface area contributed by atoms with Crippen molar-refractivity contribution in [3.63, 3.8) is 0 Å². The van der Waals surface area contributed by atoms with E-state index in [4.69, 9.17) is 14.2 Å². The van der Waals surface area contributed by atoms with E-state index in [0.29, 0.717) is 18.9 Å². The first-order valence-electron chi connectivity index (χ1n) is 6.63. The molecule has 1 aromatic carbocycles. The normalized spacial score (nSPS) is 16.8. The Labute approximate surface area is 111 Å². The van der Waals surface area contributed by atoms with Crippen LogP contribution in [-0.2, 0) is 4.79 Å². The van der Waals surface area contributed by atoms with Gasteiger partial charge in [-0.1, -0.05) is 6.42 Å². The minimum Gasteiger partial charge on any atom is -0.492 e. The van der Waals surface area contributed by atoms with Gasteiger partial charge in [-0.05, 0) is 25.0 Å². The molecule has 5 heteroatoms. The zero-order chi connectivity index (χ0) is 13.1. The fraction of sp³-hybridized carbons (Fsp3) is 0.500. The van der Waals surface area contributed by atoms with E-state index in [1.807, 2.05) is 12.1 Å². The van der Waals surface area contributed by atoms with Crippen LogP contribution >= 0.6 is 0 Å². The second-order valence-electron chi connectivity index (χ2n) is 4.78. The maximum atomic E-state index is 11.6. The Kier molecular flexibility index (Phi) is 3.44. The standard InChI is InChI=1S/C14H17NO4/c16-14(10-2-1-3-10)15-6-7-17-11-4-5-12-13(8-11)19-9-18-12/h4-5,8,10H,1-3,6-7,9H2,(H,15,16). The van der Waals surface area contributed by atoms with Gasteiger partial charge in [-0.2, -0.15) is 0 Å². The fourth-order valence-corrected chi connectivity index (χ4v) is 2.12. The molecule has 0 atom stereocenters. The maximum Gasteiger partial charge on any atom is 0.231 e. The van der Waals surface area contributed by atoms with Crippen molar-refractivity contribution in [2.24, 2.45) is 5.92 Å². The van der Waals surface area contributed by atoms with Crippen LogP contribution in [0, 0.1) is 5.92 Å². The van der Waals surface area contributed by atoms with Crippen molar-refractivity contribution < 1.29 is 19.0 Å². The predicted molar refractivity (Wildman–Crippen MR) is 68.4 cm³/mol. The molecule has 1 aromatic rings. The SMILES string of the molecule is O=C(NCCOc1ccc2c(c1)OCO2)C1CCC1. The van der Waals surface area contributed by atoms with E-state index >= 15 is 0 Å². The highest BCUT2D eigenvalue weighted by Gasteiger charge is 2.24. The van der Waals surface area contributed by atoms with Gasteiger partial charge >= 0.3 is 0 Å². The minimum atomic E-state index is 0.153. The van der Waals surface area contributed by atoms with Gasteiger partial charge in [-0.25, -0.2) is 0 Å². The van der Waals surface area contributed by atoms with Crippen molar-refractivity contribution in [3.8, 4) is 17.2 Å². The van der Waals surface area contributed by atoms with Gasteiger partial charge in [0.25, 0.3) is 0 Å². The Morgan fingerprint density at radius 2 is 2.16 bits per heavy atom. The minimum absolute atomic E-state index is 0.153. The van der Waals surface area contributed by atoms with Crippen molar-refractivity contribution in [3.05, 3.63) is 18.2 Å². The molecule has 0 unspecified atom stereocenters. The summed E-state index contributed by atoms with van der Waals surface area (Å²) in [6, 6.07) is 5.46. The molecule has 1 saturated carbocycles. The van der Waals surface area contributed by atoms with Crippen LogP contribution in [0.15, 0.2) is 18.2 Å². The first-order chi connectivity index (χ1) is 9.33. The topological polar surface area (TPSA) is 56.8 Å². The summed E-state index contributed by atoms with van der Waals surface area (Å²) in [5.41, 5.74) is 0. The van der Waals surface area contributed by atoms with Crippen LogP contribution in [0.3, 0.4) is 0 Å². The van der Waals surface area contributed by atoms with Crippen molar-refractivity contribution >= 4 is 5.91 Å². The third-order valence-corrected chi connectivity index (χ3v) is 3.49. The smallest absolute Gasteiger partial charge is 0.231 e. The number of benzene rings is 1. The molecule has 2 aliphatic rings. The molecule has 0 aromatic heterocycles. The van der Waals surface area contributed by atoms with E-state index in [0.717, 1.165) is 24.3 Å². The summed E-state index contributed by atoms with van der Waals surface area (Å²) in [6.45, 7) is 1.25. The lowest BCUT2D eigenvalue weighted by atomic mass is 9.85. The summed E-state index contributed by atoms with van der Waals surface area (Å²) in [6.07, 6.45) is 3.22. The molecule has 1 N–H and O–H groups in total. The second-order valence-corrected chi connectivity index (χ2v) is 4.78. The maximum absolute atomic E-state index is 11.6. The number of rotatable bonds is 5. The summed E-state index contributed by atoms with van der Waals surface area (Å²) < 4.78 is 16.0. The summed E-state index contributed by atoms with van der Waals surface area (Å²) in [4.78, 5) is 11.6. The number of carbonyl (C=O) groups is 1. The predicted octanol–water partition coefficient (Wildman–Crippen LogP) is 1.71.